The lowest BCUT2D eigenvalue weighted by Crippen LogP contribution is -2.29. The van der Waals surface area contributed by atoms with Crippen LogP contribution in [0.5, 0.6) is 0 Å². The van der Waals surface area contributed by atoms with Crippen molar-refractivity contribution in [2.45, 2.75) is 5.41 Å². The molecule has 6 rings (SSSR count). The molecule has 30 heavy (non-hydrogen) atoms. The molecule has 0 saturated carbocycles. The van der Waals surface area contributed by atoms with E-state index in [-0.39, 0.29) is 0 Å². The topological polar surface area (TPSA) is 25.8 Å². The molecule has 0 saturated heterocycles. The Hall–Kier alpha value is -3.49. The molecule has 1 aliphatic rings. The molecule has 5 aromatic rings. The maximum absolute atomic E-state index is 6.43. The first-order valence-electron chi connectivity index (χ1n) is 9.96. The molecule has 2 aromatic heterocycles. The number of hydrogen-bond donors (Lipinski definition) is 0. The van der Waals surface area contributed by atoms with Gasteiger partial charge in [-0.05, 0) is 64.2 Å². The predicted molar refractivity (Wildman–Crippen MR) is 122 cm³/mol. The molecule has 1 unspecified atom stereocenters. The van der Waals surface area contributed by atoms with E-state index in [1.54, 1.807) is 6.20 Å². The van der Waals surface area contributed by atoms with Crippen molar-refractivity contribution >= 4 is 22.6 Å². The quantitative estimate of drug-likeness (QED) is 0.323. The summed E-state index contributed by atoms with van der Waals surface area (Å²) in [6.45, 7) is 0. The van der Waals surface area contributed by atoms with Crippen molar-refractivity contribution in [2.75, 3.05) is 0 Å². The van der Waals surface area contributed by atoms with Gasteiger partial charge < -0.3 is 0 Å². The van der Waals surface area contributed by atoms with Crippen molar-refractivity contribution in [1.29, 1.82) is 0 Å². The Balaban J connectivity index is 1.79. The number of pyridine rings is 2. The molecular formula is C27H17ClN2. The van der Waals surface area contributed by atoms with Crippen LogP contribution >= 0.6 is 11.6 Å². The summed E-state index contributed by atoms with van der Waals surface area (Å²) in [5, 5.41) is 1.77. The first kappa shape index (κ1) is 17.4. The number of fused-ring (bicyclic) bond motifs is 4. The van der Waals surface area contributed by atoms with E-state index in [1.807, 2.05) is 18.2 Å². The van der Waals surface area contributed by atoms with Crippen LogP contribution in [0.2, 0.25) is 5.02 Å². The van der Waals surface area contributed by atoms with E-state index in [1.165, 1.54) is 22.3 Å². The minimum Gasteiger partial charge on any atom is -0.237 e. The molecule has 0 fully saturated rings. The third-order valence-electron chi connectivity index (χ3n) is 6.06. The third kappa shape index (κ3) is 2.31. The van der Waals surface area contributed by atoms with Gasteiger partial charge in [-0.1, -0.05) is 72.3 Å². The van der Waals surface area contributed by atoms with Gasteiger partial charge in [-0.3, -0.25) is 0 Å². The largest absolute Gasteiger partial charge is 0.237 e. The second-order valence-corrected chi connectivity index (χ2v) is 8.03. The van der Waals surface area contributed by atoms with Crippen LogP contribution in [0.4, 0.5) is 0 Å². The Bertz CT molecular complexity index is 1410. The fourth-order valence-corrected chi connectivity index (χ4v) is 5.01. The highest BCUT2D eigenvalue weighted by Gasteiger charge is 2.47. The monoisotopic (exact) mass is 404 g/mol. The first-order chi connectivity index (χ1) is 14.8. The summed E-state index contributed by atoms with van der Waals surface area (Å²) >= 11 is 6.43. The van der Waals surface area contributed by atoms with Crippen LogP contribution in [-0.2, 0) is 5.41 Å². The summed E-state index contributed by atoms with van der Waals surface area (Å²) < 4.78 is 0. The lowest BCUT2D eigenvalue weighted by atomic mass is 9.70. The van der Waals surface area contributed by atoms with Crippen LogP contribution in [0.15, 0.2) is 103 Å². The average Bonchev–Trinajstić information content (AvgIpc) is 3.10. The number of benzene rings is 3. The zero-order valence-corrected chi connectivity index (χ0v) is 16.8. The minimum absolute atomic E-state index is 0.524. The molecule has 1 aliphatic carbocycles. The molecule has 2 nitrogen and oxygen atoms in total. The molecule has 0 spiro atoms. The van der Waals surface area contributed by atoms with Gasteiger partial charge in [-0.25, -0.2) is 9.97 Å². The van der Waals surface area contributed by atoms with E-state index >= 15 is 0 Å². The predicted octanol–water partition coefficient (Wildman–Crippen LogP) is 6.65. The maximum atomic E-state index is 6.43. The van der Waals surface area contributed by atoms with Crippen molar-refractivity contribution in [1.82, 2.24) is 9.97 Å². The minimum atomic E-state index is -0.524. The summed E-state index contributed by atoms with van der Waals surface area (Å²) in [6.07, 6.45) is 1.80. The maximum Gasteiger partial charge on any atom is 0.159 e. The number of halogens is 1. The van der Waals surface area contributed by atoms with Crippen molar-refractivity contribution in [2.24, 2.45) is 0 Å². The fraction of sp³-hybridized carbons (Fsp3) is 0.0370. The van der Waals surface area contributed by atoms with Gasteiger partial charge in [-0.15, -0.1) is 0 Å². The van der Waals surface area contributed by atoms with Crippen molar-refractivity contribution in [3.05, 3.63) is 131 Å². The van der Waals surface area contributed by atoms with E-state index in [9.17, 15) is 0 Å². The standard InChI is InChI=1S/C27H17ClN2/c28-20-13-14-24-22(17-20)21-10-4-5-11-23(21)27(24,19-8-2-1-3-9-19)25-15-12-18-7-6-16-29-26(18)30-25/h1-17H. The highest BCUT2D eigenvalue weighted by Crippen LogP contribution is 2.56. The second kappa shape index (κ2) is 6.51. The van der Waals surface area contributed by atoms with Gasteiger partial charge in [0.15, 0.2) is 5.65 Å². The number of hydrogen-bond acceptors (Lipinski definition) is 2. The van der Waals surface area contributed by atoms with Gasteiger partial charge in [0.2, 0.25) is 0 Å². The molecule has 3 heteroatoms. The molecule has 3 aromatic carbocycles. The van der Waals surface area contributed by atoms with E-state index in [0.29, 0.717) is 0 Å². The van der Waals surface area contributed by atoms with Gasteiger partial charge in [0.25, 0.3) is 0 Å². The summed E-state index contributed by atoms with van der Waals surface area (Å²) in [5.41, 5.74) is 7.15. The third-order valence-corrected chi connectivity index (χ3v) is 6.30. The van der Waals surface area contributed by atoms with Gasteiger partial charge in [0.05, 0.1) is 11.1 Å². The average molecular weight is 405 g/mol. The highest BCUT2D eigenvalue weighted by molar-refractivity contribution is 6.31. The zero-order valence-electron chi connectivity index (χ0n) is 16.1. The Kier molecular flexibility index (Phi) is 3.77. The molecular weight excluding hydrogens is 388 g/mol. The van der Waals surface area contributed by atoms with Crippen LogP contribution in [-0.4, -0.2) is 9.97 Å². The molecule has 1 atom stereocenters. The normalized spacial score (nSPS) is 17.0. The molecule has 0 radical (unpaired) electrons. The van der Waals surface area contributed by atoms with E-state index in [0.717, 1.165) is 27.3 Å². The number of aromatic nitrogens is 2. The lowest BCUT2D eigenvalue weighted by molar-refractivity contribution is 0.738. The molecule has 2 heterocycles. The van der Waals surface area contributed by atoms with Crippen LogP contribution in [0.1, 0.15) is 22.4 Å². The van der Waals surface area contributed by atoms with Crippen LogP contribution in [0.3, 0.4) is 0 Å². The van der Waals surface area contributed by atoms with Crippen molar-refractivity contribution < 1.29 is 0 Å². The van der Waals surface area contributed by atoms with E-state index < -0.39 is 5.41 Å². The molecule has 0 aliphatic heterocycles. The van der Waals surface area contributed by atoms with Gasteiger partial charge in [0, 0.05) is 16.6 Å². The summed E-state index contributed by atoms with van der Waals surface area (Å²) in [6, 6.07) is 33.6. The molecule has 0 amide bonds. The van der Waals surface area contributed by atoms with Crippen LogP contribution in [0.25, 0.3) is 22.2 Å². The number of rotatable bonds is 2. The fourth-order valence-electron chi connectivity index (χ4n) is 4.84. The molecule has 142 valence electrons. The number of nitrogens with zero attached hydrogens (tertiary/aromatic N) is 2. The Morgan fingerprint density at radius 3 is 2.37 bits per heavy atom. The Labute approximate surface area is 179 Å². The zero-order chi connectivity index (χ0) is 20.1. The summed E-state index contributed by atoms with van der Waals surface area (Å²) in [4.78, 5) is 9.61. The first-order valence-corrected chi connectivity index (χ1v) is 10.3. The van der Waals surface area contributed by atoms with E-state index in [4.69, 9.17) is 16.6 Å². The summed E-state index contributed by atoms with van der Waals surface area (Å²) in [5.74, 6) is 0. The van der Waals surface area contributed by atoms with Crippen LogP contribution in [0, 0.1) is 0 Å². The smallest absolute Gasteiger partial charge is 0.159 e. The van der Waals surface area contributed by atoms with Gasteiger partial charge in [0.1, 0.15) is 0 Å². The van der Waals surface area contributed by atoms with Crippen molar-refractivity contribution in [3.63, 3.8) is 0 Å². The Morgan fingerprint density at radius 1 is 0.667 bits per heavy atom. The van der Waals surface area contributed by atoms with Crippen LogP contribution < -0.4 is 0 Å². The summed E-state index contributed by atoms with van der Waals surface area (Å²) in [7, 11) is 0. The lowest BCUT2D eigenvalue weighted by Gasteiger charge is -2.32. The SMILES string of the molecule is Clc1ccc2c(c1)-c1ccccc1C2(c1ccccc1)c1ccc2cccnc2n1. The molecule has 0 N–H and O–H groups in total. The molecule has 0 bridgehead atoms. The Morgan fingerprint density at radius 2 is 1.47 bits per heavy atom. The highest BCUT2D eigenvalue weighted by atomic mass is 35.5. The van der Waals surface area contributed by atoms with Gasteiger partial charge in [-0.2, -0.15) is 0 Å². The van der Waals surface area contributed by atoms with Crippen molar-refractivity contribution in [3.8, 4) is 11.1 Å². The van der Waals surface area contributed by atoms with Gasteiger partial charge >= 0.3 is 0 Å². The second-order valence-electron chi connectivity index (χ2n) is 7.60. The van der Waals surface area contributed by atoms with E-state index in [2.05, 4.69) is 83.8 Å².